The number of aromatic hydroxyl groups is 3. The van der Waals surface area contributed by atoms with E-state index < -0.39 is 0 Å². The van der Waals surface area contributed by atoms with Gasteiger partial charge in [0, 0.05) is 29.2 Å². The van der Waals surface area contributed by atoms with Crippen molar-refractivity contribution in [2.75, 3.05) is 14.2 Å². The molecule has 0 saturated carbocycles. The summed E-state index contributed by atoms with van der Waals surface area (Å²) in [5.41, 5.74) is 5.45. The molecular weight excluding hydrogens is 356 g/mol. The van der Waals surface area contributed by atoms with E-state index in [4.69, 9.17) is 9.47 Å². The van der Waals surface area contributed by atoms with Gasteiger partial charge < -0.3 is 24.8 Å². The SMILES string of the molecule is COc1ccc2c(c1O)CCc1c(Cc3ccc(O)cc3)c(O)cc(OC)c1-2. The standard InChI is InChI=1S/C23H22O5/c1-27-20-10-9-15-17(23(20)26)8-7-16-18(11-13-3-5-14(24)6-4-13)19(25)12-21(28-2)22(15)16/h3-6,9-10,12,24-26H,7-8,11H2,1-2H3. The van der Waals surface area contributed by atoms with E-state index in [0.29, 0.717) is 30.8 Å². The van der Waals surface area contributed by atoms with Crippen molar-refractivity contribution in [3.63, 3.8) is 0 Å². The van der Waals surface area contributed by atoms with Crippen molar-refractivity contribution in [2.45, 2.75) is 19.3 Å². The minimum atomic E-state index is 0.154. The van der Waals surface area contributed by atoms with Crippen LogP contribution in [0.25, 0.3) is 11.1 Å². The van der Waals surface area contributed by atoms with Gasteiger partial charge in [-0.15, -0.1) is 0 Å². The zero-order valence-electron chi connectivity index (χ0n) is 15.8. The van der Waals surface area contributed by atoms with Gasteiger partial charge in [0.05, 0.1) is 14.2 Å². The Morgan fingerprint density at radius 3 is 2.18 bits per heavy atom. The van der Waals surface area contributed by atoms with Crippen LogP contribution in [0.4, 0.5) is 0 Å². The lowest BCUT2D eigenvalue weighted by Gasteiger charge is -2.26. The maximum absolute atomic E-state index is 10.7. The van der Waals surface area contributed by atoms with Crippen molar-refractivity contribution in [3.8, 4) is 39.9 Å². The summed E-state index contributed by atoms with van der Waals surface area (Å²) in [4.78, 5) is 0. The van der Waals surface area contributed by atoms with E-state index >= 15 is 0 Å². The predicted molar refractivity (Wildman–Crippen MR) is 107 cm³/mol. The highest BCUT2D eigenvalue weighted by molar-refractivity contribution is 5.83. The summed E-state index contributed by atoms with van der Waals surface area (Å²) in [7, 11) is 3.11. The molecule has 144 valence electrons. The molecule has 4 rings (SSSR count). The van der Waals surface area contributed by atoms with Crippen molar-refractivity contribution < 1.29 is 24.8 Å². The Bertz CT molecular complexity index is 1040. The normalized spacial score (nSPS) is 12.2. The van der Waals surface area contributed by atoms with Crippen LogP contribution in [0.15, 0.2) is 42.5 Å². The molecule has 0 fully saturated rings. The van der Waals surface area contributed by atoms with E-state index in [0.717, 1.165) is 33.4 Å². The molecule has 0 radical (unpaired) electrons. The molecule has 5 nitrogen and oxygen atoms in total. The minimum absolute atomic E-state index is 0.154. The molecule has 0 saturated heterocycles. The number of ether oxygens (including phenoxy) is 2. The molecule has 0 amide bonds. The van der Waals surface area contributed by atoms with Gasteiger partial charge in [0.15, 0.2) is 11.5 Å². The molecule has 3 aromatic carbocycles. The second-order valence-electron chi connectivity index (χ2n) is 6.92. The number of phenolic OH excluding ortho intramolecular Hbond substituents is 3. The Hall–Kier alpha value is -3.34. The van der Waals surface area contributed by atoms with E-state index in [2.05, 4.69) is 0 Å². The largest absolute Gasteiger partial charge is 0.508 e. The van der Waals surface area contributed by atoms with Gasteiger partial charge in [0.25, 0.3) is 0 Å². The van der Waals surface area contributed by atoms with Crippen molar-refractivity contribution in [1.82, 2.24) is 0 Å². The molecule has 28 heavy (non-hydrogen) atoms. The van der Waals surface area contributed by atoms with Crippen LogP contribution < -0.4 is 9.47 Å². The third-order valence-corrected chi connectivity index (χ3v) is 5.39. The Kier molecular flexibility index (Phi) is 4.51. The number of rotatable bonds is 4. The predicted octanol–water partition coefficient (Wildman–Crippen LogP) is 4.18. The third-order valence-electron chi connectivity index (χ3n) is 5.39. The summed E-state index contributed by atoms with van der Waals surface area (Å²) in [5.74, 6) is 1.57. The zero-order chi connectivity index (χ0) is 19.8. The molecule has 0 aliphatic heterocycles. The number of fused-ring (bicyclic) bond motifs is 3. The van der Waals surface area contributed by atoms with Gasteiger partial charge in [0.2, 0.25) is 0 Å². The topological polar surface area (TPSA) is 79.2 Å². The first-order chi connectivity index (χ1) is 13.5. The first-order valence-electron chi connectivity index (χ1n) is 9.12. The molecule has 0 bridgehead atoms. The third kappa shape index (κ3) is 2.89. The molecule has 0 aromatic heterocycles. The average molecular weight is 378 g/mol. The number of hydrogen-bond donors (Lipinski definition) is 3. The fraction of sp³-hybridized carbons (Fsp3) is 0.217. The minimum Gasteiger partial charge on any atom is -0.508 e. The lowest BCUT2D eigenvalue weighted by molar-refractivity contribution is 0.370. The summed E-state index contributed by atoms with van der Waals surface area (Å²) in [5, 5.41) is 30.8. The molecule has 0 spiro atoms. The molecule has 0 heterocycles. The summed E-state index contributed by atoms with van der Waals surface area (Å²) < 4.78 is 10.8. The van der Waals surface area contributed by atoms with Crippen LogP contribution in [-0.2, 0) is 19.3 Å². The Labute approximate surface area is 163 Å². The Morgan fingerprint density at radius 1 is 0.821 bits per heavy atom. The fourth-order valence-electron chi connectivity index (χ4n) is 4.00. The van der Waals surface area contributed by atoms with E-state index in [9.17, 15) is 15.3 Å². The van der Waals surface area contributed by atoms with Crippen molar-refractivity contribution in [3.05, 3.63) is 64.7 Å². The van der Waals surface area contributed by atoms with Gasteiger partial charge in [0.1, 0.15) is 17.2 Å². The first kappa shape index (κ1) is 18.0. The smallest absolute Gasteiger partial charge is 0.161 e. The molecule has 1 aliphatic rings. The maximum Gasteiger partial charge on any atom is 0.161 e. The summed E-state index contributed by atoms with van der Waals surface area (Å²) in [6.07, 6.45) is 1.84. The lowest BCUT2D eigenvalue weighted by Crippen LogP contribution is -2.10. The van der Waals surface area contributed by atoms with Gasteiger partial charge in [-0.25, -0.2) is 0 Å². The van der Waals surface area contributed by atoms with Crippen LogP contribution in [0.3, 0.4) is 0 Å². The monoisotopic (exact) mass is 378 g/mol. The quantitative estimate of drug-likeness (QED) is 0.635. The summed E-state index contributed by atoms with van der Waals surface area (Å²) in [6.45, 7) is 0. The van der Waals surface area contributed by atoms with E-state index in [1.54, 1.807) is 31.4 Å². The van der Waals surface area contributed by atoms with E-state index in [-0.39, 0.29) is 17.2 Å². The second kappa shape index (κ2) is 7.00. The van der Waals surface area contributed by atoms with Gasteiger partial charge in [-0.2, -0.15) is 0 Å². The molecular formula is C23H22O5. The van der Waals surface area contributed by atoms with Gasteiger partial charge in [-0.1, -0.05) is 12.1 Å². The van der Waals surface area contributed by atoms with Crippen LogP contribution in [0.1, 0.15) is 22.3 Å². The number of benzene rings is 3. The van der Waals surface area contributed by atoms with E-state index in [1.165, 1.54) is 7.11 Å². The van der Waals surface area contributed by atoms with Crippen molar-refractivity contribution in [2.24, 2.45) is 0 Å². The maximum atomic E-state index is 10.7. The average Bonchev–Trinajstić information content (AvgIpc) is 2.71. The van der Waals surface area contributed by atoms with Crippen molar-refractivity contribution in [1.29, 1.82) is 0 Å². The summed E-state index contributed by atoms with van der Waals surface area (Å²) >= 11 is 0. The van der Waals surface area contributed by atoms with Gasteiger partial charge >= 0.3 is 0 Å². The highest BCUT2D eigenvalue weighted by Crippen LogP contribution is 2.49. The van der Waals surface area contributed by atoms with Gasteiger partial charge in [-0.3, -0.25) is 0 Å². The lowest BCUT2D eigenvalue weighted by atomic mass is 9.80. The highest BCUT2D eigenvalue weighted by Gasteiger charge is 2.28. The summed E-state index contributed by atoms with van der Waals surface area (Å²) in [6, 6.07) is 12.3. The first-order valence-corrected chi connectivity index (χ1v) is 9.12. The number of hydrogen-bond acceptors (Lipinski definition) is 5. The Balaban J connectivity index is 1.89. The highest BCUT2D eigenvalue weighted by atomic mass is 16.5. The van der Waals surface area contributed by atoms with Crippen LogP contribution in [0.2, 0.25) is 0 Å². The number of methoxy groups -OCH3 is 2. The van der Waals surface area contributed by atoms with Crippen molar-refractivity contribution >= 4 is 0 Å². The second-order valence-corrected chi connectivity index (χ2v) is 6.92. The van der Waals surface area contributed by atoms with Crippen LogP contribution in [0.5, 0.6) is 28.7 Å². The molecule has 5 heteroatoms. The van der Waals surface area contributed by atoms with Gasteiger partial charge in [-0.05, 0) is 53.8 Å². The van der Waals surface area contributed by atoms with Crippen LogP contribution in [0, 0.1) is 0 Å². The van der Waals surface area contributed by atoms with Crippen LogP contribution >= 0.6 is 0 Å². The molecule has 0 unspecified atom stereocenters. The Morgan fingerprint density at radius 2 is 1.50 bits per heavy atom. The van der Waals surface area contributed by atoms with E-state index in [1.807, 2.05) is 18.2 Å². The zero-order valence-corrected chi connectivity index (χ0v) is 15.8. The molecule has 3 aromatic rings. The molecule has 3 N–H and O–H groups in total. The fourth-order valence-corrected chi connectivity index (χ4v) is 4.00. The van der Waals surface area contributed by atoms with Crippen LogP contribution in [-0.4, -0.2) is 29.5 Å². The molecule has 0 atom stereocenters. The molecule has 1 aliphatic carbocycles. The number of phenols is 3.